The predicted molar refractivity (Wildman–Crippen MR) is 117 cm³/mol. The summed E-state index contributed by atoms with van der Waals surface area (Å²) in [7, 11) is 0. The second kappa shape index (κ2) is 8.31. The first kappa shape index (κ1) is 19.6. The van der Waals surface area contributed by atoms with E-state index in [1.807, 2.05) is 24.3 Å². The van der Waals surface area contributed by atoms with Crippen LogP contribution in [0.25, 0.3) is 0 Å². The van der Waals surface area contributed by atoms with Crippen molar-refractivity contribution in [2.24, 2.45) is 0 Å². The van der Waals surface area contributed by atoms with Gasteiger partial charge in [-0.1, -0.05) is 35.3 Å². The SMILES string of the molecule is CCN1CCN(C(=O)c2cccnc2Oc2cc(Cl)ccc2Cl)c2ccccc21. The fourth-order valence-corrected chi connectivity index (χ4v) is 3.72. The molecule has 1 aliphatic rings. The largest absolute Gasteiger partial charge is 0.437 e. The molecule has 0 radical (unpaired) electrons. The van der Waals surface area contributed by atoms with Crippen molar-refractivity contribution >= 4 is 40.5 Å². The standard InChI is InChI=1S/C22H19Cl2N3O2/c1-2-26-12-13-27(19-8-4-3-7-18(19)26)22(28)16-6-5-11-25-21(16)29-20-14-15(23)9-10-17(20)24/h3-11,14H,2,12-13H2,1H3. The maximum Gasteiger partial charge on any atom is 0.263 e. The lowest BCUT2D eigenvalue weighted by Crippen LogP contribution is -2.44. The quantitative estimate of drug-likeness (QED) is 0.538. The number of likely N-dealkylation sites (N-methyl/N-ethyl adjacent to an activating group) is 1. The van der Waals surface area contributed by atoms with Crippen LogP contribution in [-0.4, -0.2) is 30.5 Å². The van der Waals surface area contributed by atoms with Crippen molar-refractivity contribution in [3.8, 4) is 11.6 Å². The highest BCUT2D eigenvalue weighted by Crippen LogP contribution is 2.36. The first-order chi connectivity index (χ1) is 14.1. The molecule has 29 heavy (non-hydrogen) atoms. The average Bonchev–Trinajstić information content (AvgIpc) is 2.75. The van der Waals surface area contributed by atoms with E-state index < -0.39 is 0 Å². The molecule has 0 saturated heterocycles. The van der Waals surface area contributed by atoms with Crippen LogP contribution in [0, 0.1) is 0 Å². The summed E-state index contributed by atoms with van der Waals surface area (Å²) < 4.78 is 5.88. The van der Waals surface area contributed by atoms with Crippen molar-refractivity contribution in [1.29, 1.82) is 0 Å². The zero-order valence-electron chi connectivity index (χ0n) is 15.8. The van der Waals surface area contributed by atoms with E-state index >= 15 is 0 Å². The van der Waals surface area contributed by atoms with Crippen molar-refractivity contribution in [2.45, 2.75) is 6.92 Å². The minimum absolute atomic E-state index is 0.172. The topological polar surface area (TPSA) is 45.7 Å². The molecule has 2 heterocycles. The molecule has 5 nitrogen and oxygen atoms in total. The van der Waals surface area contributed by atoms with E-state index in [-0.39, 0.29) is 11.8 Å². The van der Waals surface area contributed by atoms with E-state index in [1.54, 1.807) is 41.4 Å². The van der Waals surface area contributed by atoms with Gasteiger partial charge in [0.05, 0.1) is 16.4 Å². The molecule has 0 spiro atoms. The Bertz CT molecular complexity index is 1060. The molecular formula is C22H19Cl2N3O2. The maximum absolute atomic E-state index is 13.4. The molecule has 0 saturated carbocycles. The summed E-state index contributed by atoms with van der Waals surface area (Å²) in [6.07, 6.45) is 1.58. The molecule has 0 fully saturated rings. The number of pyridine rings is 1. The summed E-state index contributed by atoms with van der Waals surface area (Å²) in [6.45, 7) is 4.33. The Morgan fingerprint density at radius 1 is 1.07 bits per heavy atom. The van der Waals surface area contributed by atoms with Gasteiger partial charge < -0.3 is 14.5 Å². The van der Waals surface area contributed by atoms with Crippen LogP contribution in [-0.2, 0) is 0 Å². The van der Waals surface area contributed by atoms with Crippen LogP contribution >= 0.6 is 23.2 Å². The number of rotatable bonds is 4. The summed E-state index contributed by atoms with van der Waals surface area (Å²) in [4.78, 5) is 21.7. The van der Waals surface area contributed by atoms with Crippen molar-refractivity contribution < 1.29 is 9.53 Å². The van der Waals surface area contributed by atoms with E-state index in [2.05, 4.69) is 16.8 Å². The number of hydrogen-bond donors (Lipinski definition) is 0. The Kier molecular flexibility index (Phi) is 5.60. The monoisotopic (exact) mass is 427 g/mol. The normalized spacial score (nSPS) is 13.2. The lowest BCUT2D eigenvalue weighted by atomic mass is 10.1. The molecule has 1 aromatic heterocycles. The molecule has 1 aliphatic heterocycles. The van der Waals surface area contributed by atoms with Gasteiger partial charge in [0.1, 0.15) is 11.3 Å². The van der Waals surface area contributed by atoms with Gasteiger partial charge in [-0.3, -0.25) is 4.79 Å². The van der Waals surface area contributed by atoms with Gasteiger partial charge in [0, 0.05) is 36.9 Å². The predicted octanol–water partition coefficient (Wildman–Crippen LogP) is 5.67. The first-order valence-electron chi connectivity index (χ1n) is 9.32. The Morgan fingerprint density at radius 2 is 1.86 bits per heavy atom. The lowest BCUT2D eigenvalue weighted by molar-refractivity contribution is 0.0983. The van der Waals surface area contributed by atoms with Crippen LogP contribution in [0.4, 0.5) is 11.4 Å². The second-order valence-electron chi connectivity index (χ2n) is 6.56. The molecule has 148 valence electrons. The molecule has 3 aromatic rings. The zero-order valence-corrected chi connectivity index (χ0v) is 17.3. The van der Waals surface area contributed by atoms with Crippen LogP contribution in [0.1, 0.15) is 17.3 Å². The number of para-hydroxylation sites is 2. The second-order valence-corrected chi connectivity index (χ2v) is 7.40. The van der Waals surface area contributed by atoms with E-state index in [9.17, 15) is 4.79 Å². The van der Waals surface area contributed by atoms with Crippen molar-refractivity contribution in [2.75, 3.05) is 29.4 Å². The summed E-state index contributed by atoms with van der Waals surface area (Å²) in [5.41, 5.74) is 2.28. The number of amides is 1. The summed E-state index contributed by atoms with van der Waals surface area (Å²) in [5, 5.41) is 0.873. The third kappa shape index (κ3) is 3.88. The fraction of sp³-hybridized carbons (Fsp3) is 0.182. The number of hydrogen-bond acceptors (Lipinski definition) is 4. The molecule has 0 atom stereocenters. The fourth-order valence-electron chi connectivity index (χ4n) is 3.40. The lowest BCUT2D eigenvalue weighted by Gasteiger charge is -2.37. The number of nitrogens with zero attached hydrogens (tertiary/aromatic N) is 3. The minimum Gasteiger partial charge on any atom is -0.437 e. The van der Waals surface area contributed by atoms with Crippen LogP contribution in [0.3, 0.4) is 0 Å². The molecule has 0 aliphatic carbocycles. The van der Waals surface area contributed by atoms with Crippen LogP contribution in [0.5, 0.6) is 11.6 Å². The highest BCUT2D eigenvalue weighted by Gasteiger charge is 2.29. The van der Waals surface area contributed by atoms with Crippen LogP contribution < -0.4 is 14.5 Å². The molecule has 7 heteroatoms. The van der Waals surface area contributed by atoms with Gasteiger partial charge in [-0.25, -0.2) is 4.98 Å². The van der Waals surface area contributed by atoms with Gasteiger partial charge in [0.2, 0.25) is 5.88 Å². The number of halogens is 2. The highest BCUT2D eigenvalue weighted by molar-refractivity contribution is 6.34. The van der Waals surface area contributed by atoms with Crippen LogP contribution in [0.15, 0.2) is 60.8 Å². The molecule has 0 N–H and O–H groups in total. The number of benzene rings is 2. The van der Waals surface area contributed by atoms with Crippen LogP contribution in [0.2, 0.25) is 10.0 Å². The zero-order chi connectivity index (χ0) is 20.4. The van der Waals surface area contributed by atoms with Crippen molar-refractivity contribution in [3.05, 3.63) is 76.4 Å². The Balaban J connectivity index is 1.69. The van der Waals surface area contributed by atoms with E-state index in [0.29, 0.717) is 27.9 Å². The number of ether oxygens (including phenoxy) is 1. The number of carbonyl (C=O) groups is 1. The molecule has 4 rings (SSSR count). The smallest absolute Gasteiger partial charge is 0.263 e. The van der Waals surface area contributed by atoms with E-state index in [1.165, 1.54) is 0 Å². The Morgan fingerprint density at radius 3 is 2.66 bits per heavy atom. The van der Waals surface area contributed by atoms with Gasteiger partial charge in [-0.05, 0) is 43.3 Å². The van der Waals surface area contributed by atoms with E-state index in [4.69, 9.17) is 27.9 Å². The van der Waals surface area contributed by atoms with Gasteiger partial charge in [-0.2, -0.15) is 0 Å². The summed E-state index contributed by atoms with van der Waals surface area (Å²) in [5.74, 6) is 0.370. The number of anilines is 2. The Hall–Kier alpha value is -2.76. The number of fused-ring (bicyclic) bond motifs is 1. The summed E-state index contributed by atoms with van der Waals surface area (Å²) >= 11 is 12.3. The molecule has 1 amide bonds. The molecule has 0 bridgehead atoms. The number of carbonyl (C=O) groups excluding carboxylic acids is 1. The third-order valence-corrected chi connectivity index (χ3v) is 5.38. The van der Waals surface area contributed by atoms with Gasteiger partial charge >= 0.3 is 0 Å². The maximum atomic E-state index is 13.4. The summed E-state index contributed by atoms with van der Waals surface area (Å²) in [6, 6.07) is 16.2. The number of aromatic nitrogens is 1. The Labute approximate surface area is 179 Å². The average molecular weight is 428 g/mol. The minimum atomic E-state index is -0.172. The van der Waals surface area contributed by atoms with Crippen molar-refractivity contribution in [3.63, 3.8) is 0 Å². The highest BCUT2D eigenvalue weighted by atomic mass is 35.5. The molecular weight excluding hydrogens is 409 g/mol. The van der Waals surface area contributed by atoms with Gasteiger partial charge in [0.25, 0.3) is 5.91 Å². The van der Waals surface area contributed by atoms with Crippen molar-refractivity contribution in [1.82, 2.24) is 4.98 Å². The van der Waals surface area contributed by atoms with Gasteiger partial charge in [0.15, 0.2) is 0 Å². The third-order valence-electron chi connectivity index (χ3n) is 4.84. The van der Waals surface area contributed by atoms with E-state index in [0.717, 1.165) is 24.5 Å². The molecule has 2 aromatic carbocycles. The molecule has 0 unspecified atom stereocenters. The van der Waals surface area contributed by atoms with Gasteiger partial charge in [-0.15, -0.1) is 0 Å². The first-order valence-corrected chi connectivity index (χ1v) is 10.1.